The SMILES string of the molecule is C/C=C/CC(NC(=O)C(C)C(C)CC)C(=O)O. The predicted octanol–water partition coefficient (Wildman–Crippen LogP) is 2.20. The zero-order chi connectivity index (χ0) is 13.4. The Kier molecular flexibility index (Phi) is 7.26. The van der Waals surface area contributed by atoms with E-state index in [1.54, 1.807) is 12.2 Å². The van der Waals surface area contributed by atoms with Crippen LogP contribution < -0.4 is 5.32 Å². The van der Waals surface area contributed by atoms with Gasteiger partial charge in [0, 0.05) is 5.92 Å². The molecule has 0 spiro atoms. The lowest BCUT2D eigenvalue weighted by atomic mass is 9.92. The van der Waals surface area contributed by atoms with E-state index in [0.717, 1.165) is 6.42 Å². The maximum absolute atomic E-state index is 11.8. The number of amides is 1. The fourth-order valence-corrected chi connectivity index (χ4v) is 1.41. The molecule has 4 nitrogen and oxygen atoms in total. The number of nitrogens with one attached hydrogen (secondary N) is 1. The maximum atomic E-state index is 11.8. The second kappa shape index (κ2) is 7.87. The van der Waals surface area contributed by atoms with Crippen LogP contribution >= 0.6 is 0 Å². The van der Waals surface area contributed by atoms with Crippen molar-refractivity contribution in [2.45, 2.75) is 46.6 Å². The molecule has 3 unspecified atom stereocenters. The van der Waals surface area contributed by atoms with Gasteiger partial charge in [0.05, 0.1) is 0 Å². The molecule has 0 aliphatic heterocycles. The van der Waals surface area contributed by atoms with Gasteiger partial charge in [0.15, 0.2) is 0 Å². The summed E-state index contributed by atoms with van der Waals surface area (Å²) in [6.07, 6.45) is 4.75. The van der Waals surface area contributed by atoms with Crippen molar-refractivity contribution in [1.82, 2.24) is 5.32 Å². The largest absolute Gasteiger partial charge is 0.480 e. The van der Waals surface area contributed by atoms with Crippen molar-refractivity contribution in [2.75, 3.05) is 0 Å². The monoisotopic (exact) mass is 241 g/mol. The van der Waals surface area contributed by atoms with E-state index >= 15 is 0 Å². The highest BCUT2D eigenvalue weighted by Crippen LogP contribution is 2.14. The summed E-state index contributed by atoms with van der Waals surface area (Å²) in [4.78, 5) is 22.8. The number of allylic oxidation sites excluding steroid dienone is 1. The number of carbonyl (C=O) groups excluding carboxylic acids is 1. The van der Waals surface area contributed by atoms with E-state index in [1.165, 1.54) is 0 Å². The Labute approximate surface area is 103 Å². The second-order valence-corrected chi connectivity index (χ2v) is 4.38. The van der Waals surface area contributed by atoms with E-state index in [0.29, 0.717) is 6.42 Å². The lowest BCUT2D eigenvalue weighted by molar-refractivity contribution is -0.142. The van der Waals surface area contributed by atoms with Crippen LogP contribution in [0.3, 0.4) is 0 Å². The van der Waals surface area contributed by atoms with Crippen LogP contribution in [0.25, 0.3) is 0 Å². The van der Waals surface area contributed by atoms with Gasteiger partial charge in [0.1, 0.15) is 6.04 Å². The minimum Gasteiger partial charge on any atom is -0.480 e. The van der Waals surface area contributed by atoms with Crippen LogP contribution in [0.4, 0.5) is 0 Å². The van der Waals surface area contributed by atoms with Crippen LogP contribution in [0.1, 0.15) is 40.5 Å². The molecule has 17 heavy (non-hydrogen) atoms. The Balaban J connectivity index is 4.44. The summed E-state index contributed by atoms with van der Waals surface area (Å²) in [6, 6.07) is -0.829. The first-order valence-corrected chi connectivity index (χ1v) is 6.08. The molecule has 3 atom stereocenters. The maximum Gasteiger partial charge on any atom is 0.326 e. The highest BCUT2D eigenvalue weighted by molar-refractivity contribution is 5.85. The summed E-state index contributed by atoms with van der Waals surface area (Å²) in [5, 5.41) is 11.6. The molecule has 2 N–H and O–H groups in total. The average Bonchev–Trinajstić information content (AvgIpc) is 2.31. The first kappa shape index (κ1) is 15.7. The molecule has 0 heterocycles. The van der Waals surface area contributed by atoms with Crippen molar-refractivity contribution in [3.8, 4) is 0 Å². The number of hydrogen-bond acceptors (Lipinski definition) is 2. The molecule has 0 bridgehead atoms. The van der Waals surface area contributed by atoms with Crippen LogP contribution in [0, 0.1) is 11.8 Å². The van der Waals surface area contributed by atoms with Gasteiger partial charge in [-0.25, -0.2) is 4.79 Å². The average molecular weight is 241 g/mol. The van der Waals surface area contributed by atoms with Crippen LogP contribution in [0.5, 0.6) is 0 Å². The van der Waals surface area contributed by atoms with Crippen LogP contribution in [0.2, 0.25) is 0 Å². The van der Waals surface area contributed by atoms with Crippen LogP contribution in [0.15, 0.2) is 12.2 Å². The molecule has 0 aliphatic carbocycles. The van der Waals surface area contributed by atoms with Gasteiger partial charge in [-0.2, -0.15) is 0 Å². The van der Waals surface area contributed by atoms with Crippen molar-refractivity contribution in [1.29, 1.82) is 0 Å². The highest BCUT2D eigenvalue weighted by Gasteiger charge is 2.24. The molecule has 0 aromatic carbocycles. The number of carboxylic acid groups (broad SMARTS) is 1. The van der Waals surface area contributed by atoms with Crippen molar-refractivity contribution >= 4 is 11.9 Å². The van der Waals surface area contributed by atoms with Gasteiger partial charge in [-0.15, -0.1) is 0 Å². The minimum atomic E-state index is -0.993. The molecular weight excluding hydrogens is 218 g/mol. The van der Waals surface area contributed by atoms with Gasteiger partial charge < -0.3 is 10.4 Å². The smallest absolute Gasteiger partial charge is 0.326 e. The van der Waals surface area contributed by atoms with Crippen molar-refractivity contribution in [2.24, 2.45) is 11.8 Å². The summed E-state index contributed by atoms with van der Waals surface area (Å²) in [6.45, 7) is 7.66. The third-order valence-electron chi connectivity index (χ3n) is 3.13. The quantitative estimate of drug-likeness (QED) is 0.671. The highest BCUT2D eigenvalue weighted by atomic mass is 16.4. The molecule has 0 fully saturated rings. The third kappa shape index (κ3) is 5.52. The molecule has 98 valence electrons. The van der Waals surface area contributed by atoms with E-state index in [-0.39, 0.29) is 17.7 Å². The minimum absolute atomic E-state index is 0.160. The topological polar surface area (TPSA) is 66.4 Å². The molecule has 0 radical (unpaired) electrons. The van der Waals surface area contributed by atoms with E-state index in [9.17, 15) is 9.59 Å². The number of aliphatic carboxylic acids is 1. The van der Waals surface area contributed by atoms with Gasteiger partial charge >= 0.3 is 5.97 Å². The Bertz CT molecular complexity index is 286. The number of carbonyl (C=O) groups is 2. The van der Waals surface area contributed by atoms with Gasteiger partial charge in [-0.1, -0.05) is 39.3 Å². The van der Waals surface area contributed by atoms with E-state index in [2.05, 4.69) is 5.32 Å². The van der Waals surface area contributed by atoms with E-state index in [4.69, 9.17) is 5.11 Å². The zero-order valence-electron chi connectivity index (χ0n) is 11.1. The van der Waals surface area contributed by atoms with E-state index < -0.39 is 12.0 Å². The lowest BCUT2D eigenvalue weighted by Crippen LogP contribution is -2.44. The molecule has 1 amide bonds. The predicted molar refractivity (Wildman–Crippen MR) is 67.6 cm³/mol. The van der Waals surface area contributed by atoms with Crippen molar-refractivity contribution < 1.29 is 14.7 Å². The molecule has 0 aromatic rings. The van der Waals surface area contributed by atoms with Crippen molar-refractivity contribution in [3.63, 3.8) is 0 Å². The first-order valence-electron chi connectivity index (χ1n) is 6.08. The van der Waals surface area contributed by atoms with Gasteiger partial charge in [-0.3, -0.25) is 4.79 Å². The van der Waals surface area contributed by atoms with Gasteiger partial charge in [-0.05, 0) is 19.3 Å². The molecule has 0 saturated carbocycles. The zero-order valence-corrected chi connectivity index (χ0v) is 11.1. The Hall–Kier alpha value is -1.32. The summed E-state index contributed by atoms with van der Waals surface area (Å²) in [5.41, 5.74) is 0. The number of rotatable bonds is 7. The number of carboxylic acids is 1. The molecule has 0 rings (SSSR count). The fourth-order valence-electron chi connectivity index (χ4n) is 1.41. The van der Waals surface area contributed by atoms with Crippen LogP contribution in [-0.2, 0) is 9.59 Å². The Morgan fingerprint density at radius 1 is 1.35 bits per heavy atom. The summed E-state index contributed by atoms with van der Waals surface area (Å²) >= 11 is 0. The molecule has 0 aromatic heterocycles. The summed E-state index contributed by atoms with van der Waals surface area (Å²) in [7, 11) is 0. The van der Waals surface area contributed by atoms with E-state index in [1.807, 2.05) is 27.7 Å². The summed E-state index contributed by atoms with van der Waals surface area (Å²) < 4.78 is 0. The Morgan fingerprint density at radius 3 is 2.35 bits per heavy atom. The standard InChI is InChI=1S/C13H23NO3/c1-5-7-8-11(13(16)17)14-12(15)10(4)9(3)6-2/h5,7,9-11H,6,8H2,1-4H3,(H,14,15)(H,16,17)/b7-5+. The molecular formula is C13H23NO3. The Morgan fingerprint density at radius 2 is 1.94 bits per heavy atom. The first-order chi connectivity index (χ1) is 7.93. The summed E-state index contributed by atoms with van der Waals surface area (Å²) in [5.74, 6) is -1.08. The van der Waals surface area contributed by atoms with Crippen LogP contribution in [-0.4, -0.2) is 23.0 Å². The van der Waals surface area contributed by atoms with Gasteiger partial charge in [0.25, 0.3) is 0 Å². The fraction of sp³-hybridized carbons (Fsp3) is 0.692. The van der Waals surface area contributed by atoms with Gasteiger partial charge in [0.2, 0.25) is 5.91 Å². The number of hydrogen-bond donors (Lipinski definition) is 2. The normalized spacial score (nSPS) is 16.5. The third-order valence-corrected chi connectivity index (χ3v) is 3.13. The molecule has 0 saturated heterocycles. The lowest BCUT2D eigenvalue weighted by Gasteiger charge is -2.20. The van der Waals surface area contributed by atoms with Crippen molar-refractivity contribution in [3.05, 3.63) is 12.2 Å². The molecule has 0 aliphatic rings. The second-order valence-electron chi connectivity index (χ2n) is 4.38. The molecule has 4 heteroatoms.